The van der Waals surface area contributed by atoms with Gasteiger partial charge in [0.1, 0.15) is 0 Å². The molecular formula is C11H16N2. The first-order chi connectivity index (χ1) is 6.12. The summed E-state index contributed by atoms with van der Waals surface area (Å²) in [6.45, 7) is 5.48. The van der Waals surface area contributed by atoms with Crippen LogP contribution in [0.5, 0.6) is 0 Å². The zero-order valence-corrected chi connectivity index (χ0v) is 8.49. The second-order valence-electron chi connectivity index (χ2n) is 4.06. The Balaban J connectivity index is 2.02. The van der Waals surface area contributed by atoms with E-state index in [9.17, 15) is 0 Å². The summed E-state index contributed by atoms with van der Waals surface area (Å²) in [5.74, 6) is 0. The van der Waals surface area contributed by atoms with Crippen LogP contribution in [-0.4, -0.2) is 22.7 Å². The Kier molecular flexibility index (Phi) is 1.90. The number of hydrazine groups is 1. The van der Waals surface area contributed by atoms with Gasteiger partial charge in [-0.3, -0.25) is 0 Å². The van der Waals surface area contributed by atoms with Crippen molar-refractivity contribution in [3.05, 3.63) is 35.9 Å². The van der Waals surface area contributed by atoms with E-state index in [-0.39, 0.29) is 5.66 Å². The van der Waals surface area contributed by atoms with Crippen LogP contribution in [-0.2, 0) is 6.54 Å². The molecule has 1 heterocycles. The molecule has 1 saturated heterocycles. The minimum absolute atomic E-state index is 0.246. The molecular weight excluding hydrogens is 160 g/mol. The maximum atomic E-state index is 2.35. The molecule has 0 saturated carbocycles. The van der Waals surface area contributed by atoms with Gasteiger partial charge in [0, 0.05) is 13.6 Å². The van der Waals surface area contributed by atoms with Crippen molar-refractivity contribution < 1.29 is 0 Å². The molecule has 2 rings (SSSR count). The second-order valence-corrected chi connectivity index (χ2v) is 4.06. The molecule has 2 atom stereocenters. The summed E-state index contributed by atoms with van der Waals surface area (Å²) >= 11 is 0. The molecule has 0 bridgehead atoms. The largest absolute Gasteiger partial charge is 0.222 e. The van der Waals surface area contributed by atoms with E-state index in [2.05, 4.69) is 61.2 Å². The van der Waals surface area contributed by atoms with Gasteiger partial charge in [0.2, 0.25) is 0 Å². The summed E-state index contributed by atoms with van der Waals surface area (Å²) in [5.41, 5.74) is 1.62. The molecule has 1 fully saturated rings. The molecule has 2 unspecified atom stereocenters. The zero-order valence-electron chi connectivity index (χ0n) is 8.49. The topological polar surface area (TPSA) is 6.02 Å². The summed E-state index contributed by atoms with van der Waals surface area (Å²) in [6.07, 6.45) is 0. The molecule has 1 aliphatic heterocycles. The molecule has 13 heavy (non-hydrogen) atoms. The van der Waals surface area contributed by atoms with Crippen molar-refractivity contribution in [1.82, 2.24) is 10.0 Å². The van der Waals surface area contributed by atoms with Crippen LogP contribution in [0.3, 0.4) is 0 Å². The Bertz CT molecular complexity index is 292. The highest BCUT2D eigenvalue weighted by Gasteiger charge is 2.49. The van der Waals surface area contributed by atoms with Crippen molar-refractivity contribution in [3.63, 3.8) is 0 Å². The minimum atomic E-state index is 0.246. The van der Waals surface area contributed by atoms with Gasteiger partial charge in [-0.1, -0.05) is 30.3 Å². The van der Waals surface area contributed by atoms with Crippen molar-refractivity contribution in [1.29, 1.82) is 0 Å². The van der Waals surface area contributed by atoms with Crippen LogP contribution in [0.15, 0.2) is 30.3 Å². The summed E-state index contributed by atoms with van der Waals surface area (Å²) in [7, 11) is 2.13. The van der Waals surface area contributed by atoms with Gasteiger partial charge in [-0.2, -0.15) is 0 Å². The maximum absolute atomic E-state index is 2.35. The van der Waals surface area contributed by atoms with Crippen molar-refractivity contribution in [2.75, 3.05) is 7.05 Å². The molecule has 0 aromatic heterocycles. The fourth-order valence-electron chi connectivity index (χ4n) is 1.64. The first-order valence-electron chi connectivity index (χ1n) is 4.67. The third-order valence-corrected chi connectivity index (χ3v) is 2.92. The number of nitrogens with zero attached hydrogens (tertiary/aromatic N) is 2. The first kappa shape index (κ1) is 8.73. The fraction of sp³-hybridized carbons (Fsp3) is 0.455. The standard InChI is InChI=1S/C11H16N2/c1-11(2)12(3)13(11)9-10-7-5-4-6-8-10/h4-8H,9H2,1-3H3. The van der Waals surface area contributed by atoms with E-state index in [4.69, 9.17) is 0 Å². The number of rotatable bonds is 2. The van der Waals surface area contributed by atoms with Crippen LogP contribution in [0, 0.1) is 0 Å². The SMILES string of the molecule is CN1N(Cc2ccccc2)C1(C)C. The van der Waals surface area contributed by atoms with Crippen molar-refractivity contribution in [3.8, 4) is 0 Å². The Labute approximate surface area is 79.7 Å². The first-order valence-corrected chi connectivity index (χ1v) is 4.67. The van der Waals surface area contributed by atoms with Crippen molar-refractivity contribution in [2.45, 2.75) is 26.1 Å². The van der Waals surface area contributed by atoms with Crippen LogP contribution in [0.2, 0.25) is 0 Å². The van der Waals surface area contributed by atoms with Crippen molar-refractivity contribution >= 4 is 0 Å². The lowest BCUT2D eigenvalue weighted by molar-refractivity contribution is 0.342. The highest BCUT2D eigenvalue weighted by atomic mass is 15.9. The monoisotopic (exact) mass is 176 g/mol. The van der Waals surface area contributed by atoms with Crippen LogP contribution < -0.4 is 0 Å². The molecule has 0 spiro atoms. The fourth-order valence-corrected chi connectivity index (χ4v) is 1.64. The Morgan fingerprint density at radius 3 is 2.15 bits per heavy atom. The Morgan fingerprint density at radius 1 is 1.15 bits per heavy atom. The van der Waals surface area contributed by atoms with Gasteiger partial charge in [-0.15, -0.1) is 0 Å². The Hall–Kier alpha value is -0.860. The van der Waals surface area contributed by atoms with E-state index in [0.29, 0.717) is 0 Å². The van der Waals surface area contributed by atoms with Crippen LogP contribution >= 0.6 is 0 Å². The summed E-state index contributed by atoms with van der Waals surface area (Å²) in [5, 5.41) is 4.61. The van der Waals surface area contributed by atoms with E-state index in [1.54, 1.807) is 0 Å². The molecule has 2 heteroatoms. The van der Waals surface area contributed by atoms with Crippen LogP contribution in [0.4, 0.5) is 0 Å². The second kappa shape index (κ2) is 2.82. The molecule has 0 N–H and O–H groups in total. The molecule has 1 aliphatic rings. The quantitative estimate of drug-likeness (QED) is 0.636. The van der Waals surface area contributed by atoms with Gasteiger partial charge >= 0.3 is 0 Å². The molecule has 70 valence electrons. The van der Waals surface area contributed by atoms with E-state index < -0.39 is 0 Å². The van der Waals surface area contributed by atoms with E-state index in [0.717, 1.165) is 6.54 Å². The predicted octanol–water partition coefficient (Wildman–Crippen LogP) is 2.09. The molecule has 0 aliphatic carbocycles. The van der Waals surface area contributed by atoms with Crippen molar-refractivity contribution in [2.24, 2.45) is 0 Å². The number of hydrogen-bond acceptors (Lipinski definition) is 2. The van der Waals surface area contributed by atoms with E-state index in [1.165, 1.54) is 5.56 Å². The highest BCUT2D eigenvalue weighted by Crippen LogP contribution is 2.37. The highest BCUT2D eigenvalue weighted by molar-refractivity contribution is 5.15. The van der Waals surface area contributed by atoms with Gasteiger partial charge < -0.3 is 0 Å². The van der Waals surface area contributed by atoms with E-state index >= 15 is 0 Å². The molecule has 2 nitrogen and oxygen atoms in total. The lowest BCUT2D eigenvalue weighted by Gasteiger charge is -2.02. The molecule has 1 aromatic carbocycles. The van der Waals surface area contributed by atoms with Gasteiger partial charge in [0.15, 0.2) is 0 Å². The van der Waals surface area contributed by atoms with Gasteiger partial charge in [0.25, 0.3) is 0 Å². The normalized spacial score (nSPS) is 30.1. The van der Waals surface area contributed by atoms with E-state index in [1.807, 2.05) is 0 Å². The zero-order chi connectivity index (χ0) is 9.47. The molecule has 1 aromatic rings. The van der Waals surface area contributed by atoms with Gasteiger partial charge in [0.05, 0.1) is 5.66 Å². The van der Waals surface area contributed by atoms with Crippen LogP contribution in [0.1, 0.15) is 19.4 Å². The predicted molar refractivity (Wildman–Crippen MR) is 53.8 cm³/mol. The molecule has 0 amide bonds. The smallest absolute Gasteiger partial charge is 0.0949 e. The summed E-state index contributed by atoms with van der Waals surface area (Å²) < 4.78 is 0. The summed E-state index contributed by atoms with van der Waals surface area (Å²) in [6, 6.07) is 10.6. The average Bonchev–Trinajstić information content (AvgIpc) is 2.57. The van der Waals surface area contributed by atoms with Gasteiger partial charge in [-0.05, 0) is 19.4 Å². The van der Waals surface area contributed by atoms with Gasteiger partial charge in [-0.25, -0.2) is 10.0 Å². The maximum Gasteiger partial charge on any atom is 0.0949 e. The van der Waals surface area contributed by atoms with Crippen LogP contribution in [0.25, 0.3) is 0 Å². The number of hydrogen-bond donors (Lipinski definition) is 0. The lowest BCUT2D eigenvalue weighted by Crippen LogP contribution is -2.08. The average molecular weight is 176 g/mol. The summed E-state index contributed by atoms with van der Waals surface area (Å²) in [4.78, 5) is 0. The Morgan fingerprint density at radius 2 is 1.69 bits per heavy atom. The lowest BCUT2D eigenvalue weighted by atomic mass is 10.2. The third-order valence-electron chi connectivity index (χ3n) is 2.92. The molecule has 0 radical (unpaired) electrons. The minimum Gasteiger partial charge on any atom is -0.222 e. The number of benzene rings is 1. The third kappa shape index (κ3) is 1.47.